The van der Waals surface area contributed by atoms with Gasteiger partial charge in [-0.15, -0.1) is 0 Å². The van der Waals surface area contributed by atoms with E-state index in [2.05, 4.69) is 22.2 Å². The van der Waals surface area contributed by atoms with Gasteiger partial charge in [-0.1, -0.05) is 30.1 Å². The normalized spacial score (nSPS) is 14.7. The molecule has 100 valence electrons. The zero-order valence-corrected chi connectivity index (χ0v) is 11.9. The van der Waals surface area contributed by atoms with Crippen molar-refractivity contribution in [1.29, 1.82) is 0 Å². The SMILES string of the molecule is CCCN(CC1CC1)c1nc(NN)c(Cl)cc1Cl. The number of anilines is 2. The molecule has 1 saturated carbocycles. The Labute approximate surface area is 117 Å². The van der Waals surface area contributed by atoms with Gasteiger partial charge in [0.25, 0.3) is 0 Å². The minimum atomic E-state index is 0.439. The number of rotatable bonds is 6. The summed E-state index contributed by atoms with van der Waals surface area (Å²) in [6.45, 7) is 4.09. The number of halogens is 2. The fraction of sp³-hybridized carbons (Fsp3) is 0.583. The molecule has 1 fully saturated rings. The first-order valence-electron chi connectivity index (χ1n) is 6.23. The van der Waals surface area contributed by atoms with Crippen molar-refractivity contribution in [1.82, 2.24) is 4.98 Å². The number of nitrogen functional groups attached to an aromatic ring is 1. The van der Waals surface area contributed by atoms with Crippen molar-refractivity contribution in [2.75, 3.05) is 23.4 Å². The van der Waals surface area contributed by atoms with Gasteiger partial charge >= 0.3 is 0 Å². The Balaban J connectivity index is 2.26. The van der Waals surface area contributed by atoms with Crippen molar-refractivity contribution in [3.8, 4) is 0 Å². The Bertz CT molecular complexity index is 421. The Morgan fingerprint density at radius 1 is 1.44 bits per heavy atom. The molecule has 0 aromatic carbocycles. The van der Waals surface area contributed by atoms with Crippen LogP contribution in [0.15, 0.2) is 6.07 Å². The van der Waals surface area contributed by atoms with E-state index < -0.39 is 0 Å². The summed E-state index contributed by atoms with van der Waals surface area (Å²) < 4.78 is 0. The van der Waals surface area contributed by atoms with Crippen LogP contribution in [0.25, 0.3) is 0 Å². The Morgan fingerprint density at radius 2 is 2.17 bits per heavy atom. The lowest BCUT2D eigenvalue weighted by atomic mass is 10.3. The highest BCUT2D eigenvalue weighted by atomic mass is 35.5. The van der Waals surface area contributed by atoms with Crippen molar-refractivity contribution < 1.29 is 0 Å². The maximum Gasteiger partial charge on any atom is 0.161 e. The summed E-state index contributed by atoms with van der Waals surface area (Å²) in [6, 6.07) is 1.69. The van der Waals surface area contributed by atoms with Crippen molar-refractivity contribution in [3.63, 3.8) is 0 Å². The monoisotopic (exact) mass is 288 g/mol. The molecule has 2 rings (SSSR count). The molecule has 0 amide bonds. The molecule has 18 heavy (non-hydrogen) atoms. The molecule has 0 saturated heterocycles. The summed E-state index contributed by atoms with van der Waals surface area (Å²) in [5, 5.41) is 1.02. The molecule has 1 heterocycles. The number of pyridine rings is 1. The molecule has 1 aromatic heterocycles. The molecule has 0 bridgehead atoms. The predicted octanol–water partition coefficient (Wildman–Crippen LogP) is 3.30. The van der Waals surface area contributed by atoms with Crippen LogP contribution in [0.2, 0.25) is 10.0 Å². The van der Waals surface area contributed by atoms with E-state index in [1.54, 1.807) is 6.07 Å². The number of hydrazine groups is 1. The Morgan fingerprint density at radius 3 is 2.72 bits per heavy atom. The van der Waals surface area contributed by atoms with Gasteiger partial charge in [-0.3, -0.25) is 0 Å². The van der Waals surface area contributed by atoms with Crippen LogP contribution in [0.4, 0.5) is 11.6 Å². The standard InChI is InChI=1S/C12H18Cl2N4/c1-2-5-18(7-8-3-4-8)12-10(14)6-9(13)11(16-12)17-15/h6,8H,2-5,7,15H2,1H3,(H,16,17). The zero-order valence-electron chi connectivity index (χ0n) is 10.4. The minimum absolute atomic E-state index is 0.439. The number of hydrogen-bond donors (Lipinski definition) is 2. The molecular formula is C12H18Cl2N4. The molecule has 4 nitrogen and oxygen atoms in total. The van der Waals surface area contributed by atoms with E-state index >= 15 is 0 Å². The summed E-state index contributed by atoms with van der Waals surface area (Å²) in [6.07, 6.45) is 3.65. The van der Waals surface area contributed by atoms with E-state index in [9.17, 15) is 0 Å². The quantitative estimate of drug-likeness (QED) is 0.623. The molecule has 6 heteroatoms. The van der Waals surface area contributed by atoms with Gasteiger partial charge in [0.1, 0.15) is 5.82 Å². The first-order valence-corrected chi connectivity index (χ1v) is 6.99. The topological polar surface area (TPSA) is 54.2 Å². The summed E-state index contributed by atoms with van der Waals surface area (Å²) in [7, 11) is 0. The molecule has 0 unspecified atom stereocenters. The largest absolute Gasteiger partial charge is 0.355 e. The fourth-order valence-electron chi connectivity index (χ4n) is 1.95. The highest BCUT2D eigenvalue weighted by molar-refractivity contribution is 6.37. The van der Waals surface area contributed by atoms with Crippen molar-refractivity contribution in [3.05, 3.63) is 16.1 Å². The second-order valence-corrected chi connectivity index (χ2v) is 5.47. The summed E-state index contributed by atoms with van der Waals surface area (Å²) in [4.78, 5) is 6.64. The number of nitrogens with one attached hydrogen (secondary N) is 1. The molecule has 1 aromatic rings. The van der Waals surface area contributed by atoms with Crippen LogP contribution < -0.4 is 16.2 Å². The average molecular weight is 289 g/mol. The summed E-state index contributed by atoms with van der Waals surface area (Å²) in [5.74, 6) is 7.41. The van der Waals surface area contributed by atoms with Crippen molar-refractivity contribution in [2.24, 2.45) is 11.8 Å². The van der Waals surface area contributed by atoms with Gasteiger partial charge in [-0.05, 0) is 31.2 Å². The first kappa shape index (κ1) is 13.7. The van der Waals surface area contributed by atoms with Gasteiger partial charge in [-0.2, -0.15) is 0 Å². The summed E-state index contributed by atoms with van der Waals surface area (Å²) in [5.41, 5.74) is 2.50. The van der Waals surface area contributed by atoms with E-state index in [0.717, 1.165) is 31.2 Å². The number of nitrogens with two attached hydrogens (primary N) is 1. The van der Waals surface area contributed by atoms with Gasteiger partial charge in [0, 0.05) is 13.1 Å². The third-order valence-electron chi connectivity index (χ3n) is 3.02. The lowest BCUT2D eigenvalue weighted by molar-refractivity contribution is 0.699. The second kappa shape index (κ2) is 5.95. The fourth-order valence-corrected chi connectivity index (χ4v) is 2.48. The lowest BCUT2D eigenvalue weighted by Gasteiger charge is -2.24. The van der Waals surface area contributed by atoms with Gasteiger partial charge in [0.2, 0.25) is 0 Å². The van der Waals surface area contributed by atoms with Crippen LogP contribution in [0.1, 0.15) is 26.2 Å². The third-order valence-corrected chi connectivity index (χ3v) is 3.58. The Hall–Kier alpha value is -0.710. The van der Waals surface area contributed by atoms with E-state index in [-0.39, 0.29) is 0 Å². The molecular weight excluding hydrogens is 271 g/mol. The van der Waals surface area contributed by atoms with E-state index in [0.29, 0.717) is 15.9 Å². The average Bonchev–Trinajstić information content (AvgIpc) is 3.13. The smallest absolute Gasteiger partial charge is 0.161 e. The molecule has 0 aliphatic heterocycles. The molecule has 1 aliphatic carbocycles. The van der Waals surface area contributed by atoms with Gasteiger partial charge in [0.15, 0.2) is 5.82 Å². The van der Waals surface area contributed by atoms with E-state index in [1.165, 1.54) is 12.8 Å². The van der Waals surface area contributed by atoms with Crippen molar-refractivity contribution in [2.45, 2.75) is 26.2 Å². The summed E-state index contributed by atoms with van der Waals surface area (Å²) >= 11 is 12.2. The molecule has 3 N–H and O–H groups in total. The van der Waals surface area contributed by atoms with Crippen LogP contribution in [0, 0.1) is 5.92 Å². The minimum Gasteiger partial charge on any atom is -0.355 e. The van der Waals surface area contributed by atoms with Crippen LogP contribution in [-0.4, -0.2) is 18.1 Å². The number of aromatic nitrogens is 1. The van der Waals surface area contributed by atoms with Gasteiger partial charge < -0.3 is 10.3 Å². The third kappa shape index (κ3) is 3.19. The number of hydrogen-bond acceptors (Lipinski definition) is 4. The van der Waals surface area contributed by atoms with Crippen LogP contribution in [0.5, 0.6) is 0 Å². The van der Waals surface area contributed by atoms with Crippen LogP contribution in [0.3, 0.4) is 0 Å². The molecule has 0 radical (unpaired) electrons. The highest BCUT2D eigenvalue weighted by Gasteiger charge is 2.26. The van der Waals surface area contributed by atoms with Gasteiger partial charge in [0.05, 0.1) is 10.0 Å². The molecule has 0 atom stereocenters. The lowest BCUT2D eigenvalue weighted by Crippen LogP contribution is -2.28. The van der Waals surface area contributed by atoms with Gasteiger partial charge in [-0.25, -0.2) is 10.8 Å². The van der Waals surface area contributed by atoms with E-state index in [1.807, 2.05) is 0 Å². The second-order valence-electron chi connectivity index (χ2n) is 4.66. The molecule has 1 aliphatic rings. The van der Waals surface area contributed by atoms with Crippen LogP contribution in [-0.2, 0) is 0 Å². The zero-order chi connectivity index (χ0) is 13.1. The predicted molar refractivity (Wildman–Crippen MR) is 77.3 cm³/mol. The van der Waals surface area contributed by atoms with Crippen molar-refractivity contribution >= 4 is 34.8 Å². The molecule has 0 spiro atoms. The first-order chi connectivity index (χ1) is 8.65. The van der Waals surface area contributed by atoms with Crippen LogP contribution >= 0.6 is 23.2 Å². The van der Waals surface area contributed by atoms with E-state index in [4.69, 9.17) is 29.0 Å². The maximum atomic E-state index is 6.24. The number of nitrogens with zero attached hydrogens (tertiary/aromatic N) is 2. The highest BCUT2D eigenvalue weighted by Crippen LogP contribution is 2.35. The Kier molecular flexibility index (Phi) is 4.54. The maximum absolute atomic E-state index is 6.24.